The van der Waals surface area contributed by atoms with Crippen LogP contribution in [-0.2, 0) is 0 Å². The summed E-state index contributed by atoms with van der Waals surface area (Å²) in [6.07, 6.45) is 3.64. The highest BCUT2D eigenvalue weighted by molar-refractivity contribution is 14.2. The van der Waals surface area contributed by atoms with E-state index >= 15 is 0 Å². The third-order valence-corrected chi connectivity index (χ3v) is 2.40. The van der Waals surface area contributed by atoms with Gasteiger partial charge in [0, 0.05) is 12.4 Å². The van der Waals surface area contributed by atoms with E-state index < -0.39 is 0 Å². The smallest absolute Gasteiger partial charge is 0.0875 e. The van der Waals surface area contributed by atoms with Gasteiger partial charge in [-0.1, -0.05) is 45.2 Å². The van der Waals surface area contributed by atoms with Crippen LogP contribution in [0, 0.1) is 0 Å². The molecule has 0 radical (unpaired) electrons. The van der Waals surface area contributed by atoms with Gasteiger partial charge in [-0.25, -0.2) is 0 Å². The molecule has 0 unspecified atom stereocenters. The second-order valence-electron chi connectivity index (χ2n) is 1.58. The van der Waals surface area contributed by atoms with Crippen LogP contribution in [0.25, 0.3) is 0 Å². The van der Waals surface area contributed by atoms with Gasteiger partial charge in [-0.05, 0) is 17.7 Å². The molecule has 0 amide bonds. The van der Waals surface area contributed by atoms with Crippen LogP contribution in [0.2, 0.25) is 0 Å². The zero-order valence-electron chi connectivity index (χ0n) is 4.59. The molecule has 1 aromatic heterocycles. The van der Waals surface area contributed by atoms with Crippen molar-refractivity contribution in [1.29, 1.82) is 0 Å². The van der Waals surface area contributed by atoms with Crippen molar-refractivity contribution >= 4 is 45.2 Å². The summed E-state index contributed by atoms with van der Waals surface area (Å²) >= 11 is 4.73. The molecule has 0 saturated heterocycles. The highest BCUT2D eigenvalue weighted by Crippen LogP contribution is 2.29. The molecule has 1 aromatic rings. The Morgan fingerprint density at radius 2 is 1.78 bits per heavy atom. The fourth-order valence-corrected chi connectivity index (χ4v) is 1.34. The number of nitrogens with zero attached hydrogens (tertiary/aromatic N) is 1. The highest BCUT2D eigenvalue weighted by atomic mass is 127. The Hall–Kier alpha value is 0.610. The first-order valence-corrected chi connectivity index (χ1v) is 4.98. The second kappa shape index (κ2) is 3.70. The van der Waals surface area contributed by atoms with E-state index in [0.717, 1.165) is 0 Å². The van der Waals surface area contributed by atoms with Crippen molar-refractivity contribution in [3.63, 3.8) is 0 Å². The normalized spacial score (nSPS) is 10.1. The van der Waals surface area contributed by atoms with Crippen LogP contribution in [-0.4, -0.2) is 4.98 Å². The zero-order chi connectivity index (χ0) is 6.69. The molecule has 9 heavy (non-hydrogen) atoms. The molecule has 0 aliphatic heterocycles. The van der Waals surface area contributed by atoms with Crippen molar-refractivity contribution in [3.8, 4) is 0 Å². The monoisotopic (exact) mass is 345 g/mol. The van der Waals surface area contributed by atoms with E-state index in [9.17, 15) is 0 Å². The fraction of sp³-hybridized carbons (Fsp3) is 0.167. The molecule has 0 aromatic carbocycles. The molecule has 1 heterocycles. The van der Waals surface area contributed by atoms with E-state index in [1.807, 2.05) is 24.5 Å². The summed E-state index contributed by atoms with van der Waals surface area (Å²) in [4.78, 5) is 3.92. The lowest BCUT2D eigenvalue weighted by Crippen LogP contribution is -1.78. The number of aromatic nitrogens is 1. The van der Waals surface area contributed by atoms with Crippen molar-refractivity contribution in [2.45, 2.75) is 1.93 Å². The van der Waals surface area contributed by atoms with E-state index in [1.54, 1.807) is 0 Å². The van der Waals surface area contributed by atoms with Gasteiger partial charge in [0.1, 0.15) is 0 Å². The molecule has 1 nitrogen and oxygen atoms in total. The van der Waals surface area contributed by atoms with Crippen molar-refractivity contribution in [3.05, 3.63) is 30.1 Å². The van der Waals surface area contributed by atoms with Gasteiger partial charge in [-0.3, -0.25) is 4.98 Å². The minimum absolute atomic E-state index is 0.559. The molecule has 0 fully saturated rings. The molecule has 0 aliphatic rings. The molecular weight excluding hydrogens is 340 g/mol. The number of pyridine rings is 1. The molecule has 48 valence electrons. The first-order valence-electron chi connectivity index (χ1n) is 2.49. The average Bonchev–Trinajstić information content (AvgIpc) is 1.90. The summed E-state index contributed by atoms with van der Waals surface area (Å²) in [6, 6.07) is 4.06. The van der Waals surface area contributed by atoms with E-state index in [0.29, 0.717) is 1.93 Å². The van der Waals surface area contributed by atoms with Crippen molar-refractivity contribution in [2.75, 3.05) is 0 Å². The minimum Gasteiger partial charge on any atom is -0.265 e. The Bertz CT molecular complexity index is 174. The highest BCUT2D eigenvalue weighted by Gasteiger charge is 1.97. The predicted molar refractivity (Wildman–Crippen MR) is 55.0 cm³/mol. The van der Waals surface area contributed by atoms with Gasteiger partial charge in [-0.15, -0.1) is 0 Å². The summed E-state index contributed by atoms with van der Waals surface area (Å²) in [5.74, 6) is 0. The lowest BCUT2D eigenvalue weighted by Gasteiger charge is -1.97. The van der Waals surface area contributed by atoms with E-state index in [4.69, 9.17) is 0 Å². The first kappa shape index (κ1) is 7.71. The summed E-state index contributed by atoms with van der Waals surface area (Å²) < 4.78 is 0.559. The van der Waals surface area contributed by atoms with Crippen LogP contribution in [0.1, 0.15) is 7.49 Å². The van der Waals surface area contributed by atoms with Gasteiger partial charge in [0.05, 0.1) is 1.93 Å². The molecule has 1 rings (SSSR count). The third-order valence-electron chi connectivity index (χ3n) is 0.958. The first-order chi connectivity index (χ1) is 4.30. The van der Waals surface area contributed by atoms with Crippen LogP contribution in [0.15, 0.2) is 24.5 Å². The number of alkyl halides is 2. The number of hydrogen-bond donors (Lipinski definition) is 0. The van der Waals surface area contributed by atoms with E-state index in [-0.39, 0.29) is 0 Å². The number of hydrogen-bond acceptors (Lipinski definition) is 1. The van der Waals surface area contributed by atoms with Gasteiger partial charge >= 0.3 is 0 Å². The molecule has 0 bridgehead atoms. The largest absolute Gasteiger partial charge is 0.265 e. The quantitative estimate of drug-likeness (QED) is 0.564. The summed E-state index contributed by atoms with van der Waals surface area (Å²) in [5.41, 5.74) is 1.33. The molecule has 0 atom stereocenters. The standard InChI is InChI=1S/C6H5I2N/c7-6(8)5-1-3-9-4-2-5/h1-4,6H. The molecule has 0 aliphatic carbocycles. The number of halogens is 2. The van der Waals surface area contributed by atoms with Gasteiger partial charge < -0.3 is 0 Å². The molecular formula is C6H5I2N. The topological polar surface area (TPSA) is 12.9 Å². The predicted octanol–water partition coefficient (Wildman–Crippen LogP) is 2.95. The van der Waals surface area contributed by atoms with Crippen LogP contribution in [0.3, 0.4) is 0 Å². The maximum atomic E-state index is 3.92. The Morgan fingerprint density at radius 1 is 1.22 bits per heavy atom. The summed E-state index contributed by atoms with van der Waals surface area (Å²) in [5, 5.41) is 0. The zero-order valence-corrected chi connectivity index (χ0v) is 8.90. The summed E-state index contributed by atoms with van der Waals surface area (Å²) in [7, 11) is 0. The lowest BCUT2D eigenvalue weighted by molar-refractivity contribution is 1.28. The van der Waals surface area contributed by atoms with E-state index in [1.165, 1.54) is 5.56 Å². The summed E-state index contributed by atoms with van der Waals surface area (Å²) in [6.45, 7) is 0. The maximum Gasteiger partial charge on any atom is 0.0875 e. The van der Waals surface area contributed by atoms with Crippen LogP contribution in [0.5, 0.6) is 0 Å². The SMILES string of the molecule is IC(I)c1ccncc1. The van der Waals surface area contributed by atoms with Crippen molar-refractivity contribution in [2.24, 2.45) is 0 Å². The van der Waals surface area contributed by atoms with Crippen molar-refractivity contribution < 1.29 is 0 Å². The Morgan fingerprint density at radius 3 is 2.11 bits per heavy atom. The van der Waals surface area contributed by atoms with Gasteiger partial charge in [0.15, 0.2) is 0 Å². The molecule has 3 heteroatoms. The third kappa shape index (κ3) is 2.37. The van der Waals surface area contributed by atoms with Crippen LogP contribution < -0.4 is 0 Å². The van der Waals surface area contributed by atoms with Gasteiger partial charge in [0.25, 0.3) is 0 Å². The average molecular weight is 345 g/mol. The fourth-order valence-electron chi connectivity index (χ4n) is 0.509. The number of rotatable bonds is 1. The van der Waals surface area contributed by atoms with Crippen LogP contribution >= 0.6 is 45.2 Å². The van der Waals surface area contributed by atoms with Crippen molar-refractivity contribution in [1.82, 2.24) is 4.98 Å². The second-order valence-corrected chi connectivity index (χ2v) is 6.46. The molecule has 0 spiro atoms. The Balaban J connectivity index is 2.85. The minimum atomic E-state index is 0.559. The van der Waals surface area contributed by atoms with Crippen LogP contribution in [0.4, 0.5) is 0 Å². The lowest BCUT2D eigenvalue weighted by atomic mass is 10.3. The van der Waals surface area contributed by atoms with Gasteiger partial charge in [0.2, 0.25) is 0 Å². The van der Waals surface area contributed by atoms with E-state index in [2.05, 4.69) is 50.2 Å². The Labute approximate surface area is 81.5 Å². The van der Waals surface area contributed by atoms with Gasteiger partial charge in [-0.2, -0.15) is 0 Å². The molecule has 0 N–H and O–H groups in total. The maximum absolute atomic E-state index is 3.92. The molecule has 0 saturated carbocycles. The Kier molecular flexibility index (Phi) is 3.17.